The van der Waals surface area contributed by atoms with E-state index in [1.54, 1.807) is 16.9 Å². The summed E-state index contributed by atoms with van der Waals surface area (Å²) in [5, 5.41) is 10.6. The number of ether oxygens (including phenoxy) is 1. The molecule has 0 aliphatic carbocycles. The van der Waals surface area contributed by atoms with Gasteiger partial charge in [-0.3, -0.25) is 9.48 Å². The molecule has 0 bridgehead atoms. The van der Waals surface area contributed by atoms with Crippen LogP contribution in [0.2, 0.25) is 0 Å². The molecule has 1 amide bonds. The van der Waals surface area contributed by atoms with Crippen LogP contribution in [0.25, 0.3) is 22.6 Å². The Balaban J connectivity index is 1.51. The number of nitrogens with two attached hydrogens (primary N) is 1. The van der Waals surface area contributed by atoms with Gasteiger partial charge in [0.2, 0.25) is 11.8 Å². The number of nitrogens with zero attached hydrogens (tertiary/aromatic N) is 5. The van der Waals surface area contributed by atoms with E-state index in [1.165, 1.54) is 13.3 Å². The summed E-state index contributed by atoms with van der Waals surface area (Å²) >= 11 is 3.45. The van der Waals surface area contributed by atoms with Gasteiger partial charge in [-0.1, -0.05) is 22.0 Å². The van der Waals surface area contributed by atoms with Gasteiger partial charge in [-0.15, -0.1) is 0 Å². The molecule has 2 aromatic carbocycles. The number of hydrogen-bond donors (Lipinski definition) is 3. The van der Waals surface area contributed by atoms with Crippen molar-refractivity contribution >= 4 is 56.1 Å². The van der Waals surface area contributed by atoms with E-state index >= 15 is 0 Å². The van der Waals surface area contributed by atoms with Gasteiger partial charge in [-0.05, 0) is 44.2 Å². The monoisotopic (exact) mass is 562 g/mol. The zero-order chi connectivity index (χ0) is 26.1. The van der Waals surface area contributed by atoms with E-state index in [1.807, 2.05) is 50.4 Å². The van der Waals surface area contributed by atoms with E-state index in [4.69, 9.17) is 14.9 Å². The van der Waals surface area contributed by atoms with E-state index in [0.717, 1.165) is 4.47 Å². The lowest BCUT2D eigenvalue weighted by Gasteiger charge is -2.15. The van der Waals surface area contributed by atoms with E-state index in [-0.39, 0.29) is 23.4 Å². The maximum absolute atomic E-state index is 12.1. The molecular formula is C25H23BrN8O3. The van der Waals surface area contributed by atoms with Gasteiger partial charge in [0.15, 0.2) is 11.3 Å². The SMILES string of the molecule is COc1c(Nc2nc(Nc3cnn(C(C)C)c3)ncc2C(N)=O)cccc1-c1nc2cc(Br)ccc2o1. The molecule has 0 atom stereocenters. The minimum atomic E-state index is -0.679. The highest BCUT2D eigenvalue weighted by Crippen LogP contribution is 2.39. The van der Waals surface area contributed by atoms with Crippen LogP contribution in [-0.4, -0.2) is 37.7 Å². The van der Waals surface area contributed by atoms with Crippen LogP contribution >= 0.6 is 15.9 Å². The average molecular weight is 563 g/mol. The predicted molar refractivity (Wildman–Crippen MR) is 143 cm³/mol. The van der Waals surface area contributed by atoms with E-state index in [2.05, 4.69) is 46.6 Å². The van der Waals surface area contributed by atoms with Gasteiger partial charge in [0.05, 0.1) is 30.2 Å². The third kappa shape index (κ3) is 4.96. The zero-order valence-corrected chi connectivity index (χ0v) is 21.8. The number of halogens is 1. The number of amides is 1. The summed E-state index contributed by atoms with van der Waals surface area (Å²) in [6.07, 6.45) is 4.88. The smallest absolute Gasteiger partial charge is 0.254 e. The molecule has 0 saturated heterocycles. The van der Waals surface area contributed by atoms with Crippen molar-refractivity contribution < 1.29 is 13.9 Å². The van der Waals surface area contributed by atoms with Gasteiger partial charge in [-0.25, -0.2) is 9.97 Å². The number of benzene rings is 2. The molecule has 0 spiro atoms. The molecular weight excluding hydrogens is 540 g/mol. The quantitative estimate of drug-likeness (QED) is 0.225. The van der Waals surface area contributed by atoms with Crippen molar-refractivity contribution in [2.45, 2.75) is 19.9 Å². The Morgan fingerprint density at radius 2 is 2.00 bits per heavy atom. The number of hydrogen-bond acceptors (Lipinski definition) is 9. The molecule has 188 valence electrons. The number of carbonyl (C=O) groups is 1. The van der Waals surface area contributed by atoms with Crippen LogP contribution in [-0.2, 0) is 0 Å². The topological polar surface area (TPSA) is 146 Å². The van der Waals surface area contributed by atoms with Gasteiger partial charge in [0.1, 0.15) is 16.9 Å². The van der Waals surface area contributed by atoms with Gasteiger partial charge >= 0.3 is 0 Å². The second-order valence-electron chi connectivity index (χ2n) is 8.39. The van der Waals surface area contributed by atoms with Crippen LogP contribution in [0.5, 0.6) is 5.75 Å². The number of carbonyl (C=O) groups excluding carboxylic acids is 1. The molecule has 12 heteroatoms. The Morgan fingerprint density at radius 3 is 2.73 bits per heavy atom. The van der Waals surface area contributed by atoms with Crippen molar-refractivity contribution in [1.29, 1.82) is 0 Å². The summed E-state index contributed by atoms with van der Waals surface area (Å²) < 4.78 is 14.4. The highest BCUT2D eigenvalue weighted by atomic mass is 79.9. The van der Waals surface area contributed by atoms with Crippen molar-refractivity contribution in [1.82, 2.24) is 24.7 Å². The first-order valence-electron chi connectivity index (χ1n) is 11.3. The molecule has 4 N–H and O–H groups in total. The maximum Gasteiger partial charge on any atom is 0.254 e. The van der Waals surface area contributed by atoms with Crippen LogP contribution in [0.1, 0.15) is 30.2 Å². The molecule has 3 aromatic heterocycles. The number of rotatable bonds is 8. The van der Waals surface area contributed by atoms with Gasteiger partial charge < -0.3 is 25.5 Å². The number of para-hydroxylation sites is 1. The van der Waals surface area contributed by atoms with Crippen molar-refractivity contribution in [3.05, 3.63) is 65.0 Å². The first-order valence-corrected chi connectivity index (χ1v) is 12.1. The van der Waals surface area contributed by atoms with Crippen molar-refractivity contribution in [3.8, 4) is 17.2 Å². The fraction of sp³-hybridized carbons (Fsp3) is 0.160. The van der Waals surface area contributed by atoms with Gasteiger partial charge in [-0.2, -0.15) is 10.1 Å². The van der Waals surface area contributed by atoms with Crippen LogP contribution in [0.4, 0.5) is 23.1 Å². The molecule has 0 radical (unpaired) electrons. The number of methoxy groups -OCH3 is 1. The van der Waals surface area contributed by atoms with Crippen molar-refractivity contribution in [2.24, 2.45) is 5.73 Å². The highest BCUT2D eigenvalue weighted by Gasteiger charge is 2.19. The van der Waals surface area contributed by atoms with Crippen molar-refractivity contribution in [2.75, 3.05) is 17.7 Å². The Labute approximate surface area is 220 Å². The van der Waals surface area contributed by atoms with Crippen LogP contribution in [0.15, 0.2) is 63.9 Å². The number of fused-ring (bicyclic) bond motifs is 1. The fourth-order valence-electron chi connectivity index (χ4n) is 3.70. The summed E-state index contributed by atoms with van der Waals surface area (Å²) in [5.74, 6) is 0.626. The minimum absolute atomic E-state index is 0.114. The summed E-state index contributed by atoms with van der Waals surface area (Å²) in [6.45, 7) is 4.05. The zero-order valence-electron chi connectivity index (χ0n) is 20.2. The van der Waals surface area contributed by atoms with Crippen molar-refractivity contribution in [3.63, 3.8) is 0 Å². The number of anilines is 4. The van der Waals surface area contributed by atoms with Gasteiger partial charge in [0.25, 0.3) is 5.91 Å². The second kappa shape index (κ2) is 9.90. The Hall–Kier alpha value is -4.45. The molecule has 0 saturated carbocycles. The number of nitrogens with one attached hydrogen (secondary N) is 2. The molecule has 0 aliphatic heterocycles. The van der Waals surface area contributed by atoms with E-state index in [0.29, 0.717) is 39.7 Å². The van der Waals surface area contributed by atoms with Crippen LogP contribution < -0.4 is 21.1 Å². The summed E-state index contributed by atoms with van der Waals surface area (Å²) in [7, 11) is 1.54. The molecule has 5 aromatic rings. The lowest BCUT2D eigenvalue weighted by atomic mass is 10.1. The standard InChI is InChI=1S/C25H23BrN8O3/c1-13(2)34-12-15(10-29-34)30-25-28-11-17(22(27)35)23(33-25)31-18-6-4-5-16(21(18)36-3)24-32-19-9-14(26)7-8-20(19)37-24/h4-13H,1-3H3,(H2,27,35)(H2,28,30,31,33). The molecule has 5 rings (SSSR count). The normalized spacial score (nSPS) is 11.2. The molecule has 0 unspecified atom stereocenters. The third-order valence-corrected chi connectivity index (χ3v) is 5.99. The lowest BCUT2D eigenvalue weighted by Crippen LogP contribution is -2.16. The Kier molecular flexibility index (Phi) is 6.49. The molecule has 11 nitrogen and oxygen atoms in total. The molecule has 0 aliphatic rings. The molecule has 37 heavy (non-hydrogen) atoms. The largest absolute Gasteiger partial charge is 0.494 e. The maximum atomic E-state index is 12.1. The highest BCUT2D eigenvalue weighted by molar-refractivity contribution is 9.10. The second-order valence-corrected chi connectivity index (χ2v) is 9.31. The minimum Gasteiger partial charge on any atom is -0.494 e. The van der Waals surface area contributed by atoms with Crippen LogP contribution in [0, 0.1) is 0 Å². The summed E-state index contributed by atoms with van der Waals surface area (Å²) in [6, 6.07) is 11.2. The lowest BCUT2D eigenvalue weighted by molar-refractivity contribution is 0.100. The predicted octanol–water partition coefficient (Wildman–Crippen LogP) is 5.42. The average Bonchev–Trinajstić information content (AvgIpc) is 3.51. The first kappa shape index (κ1) is 24.3. The summed E-state index contributed by atoms with van der Waals surface area (Å²) in [5.41, 5.74) is 8.91. The molecule has 3 heterocycles. The first-order chi connectivity index (χ1) is 17.8. The Bertz CT molecular complexity index is 1610. The molecule has 0 fully saturated rings. The van der Waals surface area contributed by atoms with E-state index < -0.39 is 5.91 Å². The number of aromatic nitrogens is 5. The Morgan fingerprint density at radius 1 is 1.16 bits per heavy atom. The van der Waals surface area contributed by atoms with Gasteiger partial charge in [0, 0.05) is 22.9 Å². The number of primary amides is 1. The van der Waals surface area contributed by atoms with Crippen LogP contribution in [0.3, 0.4) is 0 Å². The summed E-state index contributed by atoms with van der Waals surface area (Å²) in [4.78, 5) is 25.5. The number of oxazole rings is 1. The van der Waals surface area contributed by atoms with E-state index in [9.17, 15) is 4.79 Å². The fourth-order valence-corrected chi connectivity index (χ4v) is 4.05. The third-order valence-electron chi connectivity index (χ3n) is 5.49.